The van der Waals surface area contributed by atoms with Crippen LogP contribution in [-0.2, 0) is 0 Å². The molecule has 0 aliphatic heterocycles. The number of nitrogens with one attached hydrogen (secondary N) is 1. The van der Waals surface area contributed by atoms with E-state index in [1.54, 1.807) is 6.07 Å². The average molecular weight is 273 g/mol. The second kappa shape index (κ2) is 5.92. The fourth-order valence-electron chi connectivity index (χ4n) is 1.77. The van der Waals surface area contributed by atoms with Crippen LogP contribution >= 0.6 is 0 Å². The van der Waals surface area contributed by atoms with Crippen LogP contribution in [0.3, 0.4) is 0 Å². The molecule has 3 N–H and O–H groups in total. The minimum absolute atomic E-state index is 0.0951. The lowest BCUT2D eigenvalue weighted by molar-refractivity contribution is -0.383. The fourth-order valence-corrected chi connectivity index (χ4v) is 1.77. The number of nitro benzene ring substituents is 1. The maximum absolute atomic E-state index is 10.7. The largest absolute Gasteiger partial charge is 0.494 e. The maximum atomic E-state index is 10.7. The lowest BCUT2D eigenvalue weighted by Gasteiger charge is -2.08. The highest BCUT2D eigenvalue weighted by molar-refractivity contribution is 5.70. The summed E-state index contributed by atoms with van der Waals surface area (Å²) in [4.78, 5) is 10.2. The molecule has 0 aliphatic rings. The molecule has 2 aromatic carbocycles. The molecule has 2 aromatic rings. The molecule has 0 saturated carbocycles. The van der Waals surface area contributed by atoms with Gasteiger partial charge in [0, 0.05) is 17.4 Å². The molecule has 0 atom stereocenters. The Morgan fingerprint density at radius 3 is 2.40 bits per heavy atom. The van der Waals surface area contributed by atoms with Crippen molar-refractivity contribution in [2.45, 2.75) is 6.92 Å². The van der Waals surface area contributed by atoms with Gasteiger partial charge in [0.1, 0.15) is 11.4 Å². The third kappa shape index (κ3) is 3.17. The van der Waals surface area contributed by atoms with Crippen LogP contribution in [0, 0.1) is 10.1 Å². The summed E-state index contributed by atoms with van der Waals surface area (Å²) in [5, 5.41) is 13.8. The quantitative estimate of drug-likeness (QED) is 0.495. The first-order chi connectivity index (χ1) is 9.60. The van der Waals surface area contributed by atoms with Gasteiger partial charge in [-0.25, -0.2) is 0 Å². The topological polar surface area (TPSA) is 90.4 Å². The zero-order valence-corrected chi connectivity index (χ0v) is 11.0. The van der Waals surface area contributed by atoms with Crippen LogP contribution in [0.25, 0.3) is 0 Å². The molecule has 0 bridgehead atoms. The molecule has 2 rings (SSSR count). The smallest absolute Gasteiger partial charge is 0.292 e. The van der Waals surface area contributed by atoms with Crippen LogP contribution in [0.5, 0.6) is 5.75 Å². The van der Waals surface area contributed by atoms with Crippen molar-refractivity contribution in [1.29, 1.82) is 0 Å². The summed E-state index contributed by atoms with van der Waals surface area (Å²) >= 11 is 0. The van der Waals surface area contributed by atoms with Crippen LogP contribution in [0.2, 0.25) is 0 Å². The number of hydrogen-bond donors (Lipinski definition) is 2. The van der Waals surface area contributed by atoms with Crippen molar-refractivity contribution in [2.75, 3.05) is 17.7 Å². The number of rotatable bonds is 5. The number of benzene rings is 2. The minimum atomic E-state index is -0.504. The summed E-state index contributed by atoms with van der Waals surface area (Å²) < 4.78 is 5.35. The zero-order valence-electron chi connectivity index (χ0n) is 11.0. The molecule has 0 saturated heterocycles. The number of hydrogen-bond acceptors (Lipinski definition) is 5. The average Bonchev–Trinajstić information content (AvgIpc) is 2.41. The summed E-state index contributed by atoms with van der Waals surface area (Å²) in [7, 11) is 0. The van der Waals surface area contributed by atoms with Gasteiger partial charge in [-0.3, -0.25) is 10.1 Å². The first-order valence-electron chi connectivity index (χ1n) is 6.14. The van der Waals surface area contributed by atoms with Gasteiger partial charge in [0.15, 0.2) is 0 Å². The highest BCUT2D eigenvalue weighted by atomic mass is 16.6. The Balaban J connectivity index is 2.13. The normalized spacial score (nSPS) is 10.1. The molecular formula is C14H15N3O3. The van der Waals surface area contributed by atoms with E-state index in [1.807, 2.05) is 31.2 Å². The highest BCUT2D eigenvalue weighted by Gasteiger charge is 2.10. The summed E-state index contributed by atoms with van der Waals surface area (Å²) in [5.41, 5.74) is 7.21. The minimum Gasteiger partial charge on any atom is -0.494 e. The highest BCUT2D eigenvalue weighted by Crippen LogP contribution is 2.27. The van der Waals surface area contributed by atoms with Gasteiger partial charge in [0.05, 0.1) is 11.5 Å². The Morgan fingerprint density at radius 1 is 1.20 bits per heavy atom. The van der Waals surface area contributed by atoms with E-state index in [-0.39, 0.29) is 11.4 Å². The van der Waals surface area contributed by atoms with E-state index in [0.29, 0.717) is 12.3 Å². The Kier molecular flexibility index (Phi) is 4.05. The van der Waals surface area contributed by atoms with Crippen molar-refractivity contribution < 1.29 is 9.66 Å². The van der Waals surface area contributed by atoms with Gasteiger partial charge < -0.3 is 15.8 Å². The van der Waals surface area contributed by atoms with Crippen molar-refractivity contribution in [3.63, 3.8) is 0 Å². The number of nitrogens with zero attached hydrogens (tertiary/aromatic N) is 1. The van der Waals surface area contributed by atoms with Crippen molar-refractivity contribution >= 4 is 22.7 Å². The summed E-state index contributed by atoms with van der Waals surface area (Å²) in [6.07, 6.45) is 0. The molecule has 6 nitrogen and oxygen atoms in total. The van der Waals surface area contributed by atoms with Gasteiger partial charge in [-0.05, 0) is 43.3 Å². The number of nitrogens with two attached hydrogens (primary N) is 1. The van der Waals surface area contributed by atoms with E-state index in [0.717, 1.165) is 11.4 Å². The van der Waals surface area contributed by atoms with Crippen molar-refractivity contribution in [1.82, 2.24) is 0 Å². The molecule has 0 fully saturated rings. The number of anilines is 3. The molecule has 104 valence electrons. The van der Waals surface area contributed by atoms with E-state index >= 15 is 0 Å². The molecule has 6 heteroatoms. The summed E-state index contributed by atoms with van der Waals surface area (Å²) in [5.74, 6) is 0.793. The Labute approximate surface area is 116 Å². The molecule has 0 heterocycles. The van der Waals surface area contributed by atoms with E-state index in [4.69, 9.17) is 10.5 Å². The number of ether oxygens (including phenoxy) is 1. The van der Waals surface area contributed by atoms with Gasteiger partial charge in [0.2, 0.25) is 0 Å². The van der Waals surface area contributed by atoms with Crippen molar-refractivity contribution in [3.05, 3.63) is 52.6 Å². The van der Waals surface area contributed by atoms with Crippen LogP contribution in [0.1, 0.15) is 6.92 Å². The monoisotopic (exact) mass is 273 g/mol. The molecule has 0 aromatic heterocycles. The van der Waals surface area contributed by atoms with E-state index in [9.17, 15) is 10.1 Å². The zero-order chi connectivity index (χ0) is 14.5. The fraction of sp³-hybridized carbons (Fsp3) is 0.143. The van der Waals surface area contributed by atoms with Crippen molar-refractivity contribution in [3.8, 4) is 5.75 Å². The van der Waals surface area contributed by atoms with Crippen molar-refractivity contribution in [2.24, 2.45) is 0 Å². The van der Waals surface area contributed by atoms with Gasteiger partial charge in [0.25, 0.3) is 5.69 Å². The first kappa shape index (κ1) is 13.7. The predicted octanol–water partition coefficient (Wildman–Crippen LogP) is 3.32. The Bertz CT molecular complexity index is 612. The van der Waals surface area contributed by atoms with Gasteiger partial charge >= 0.3 is 0 Å². The summed E-state index contributed by atoms with van der Waals surface area (Å²) in [6.45, 7) is 2.54. The van der Waals surface area contributed by atoms with Gasteiger partial charge in [-0.1, -0.05) is 0 Å². The number of nitrogen functional groups attached to an aromatic ring is 1. The SMILES string of the molecule is CCOc1ccc(Nc2ccc([N+](=O)[O-])c(N)c2)cc1. The molecule has 20 heavy (non-hydrogen) atoms. The Morgan fingerprint density at radius 2 is 1.85 bits per heavy atom. The van der Waals surface area contributed by atoms with E-state index in [2.05, 4.69) is 5.32 Å². The Hall–Kier alpha value is -2.76. The van der Waals surface area contributed by atoms with E-state index in [1.165, 1.54) is 12.1 Å². The maximum Gasteiger partial charge on any atom is 0.292 e. The van der Waals surface area contributed by atoms with E-state index < -0.39 is 4.92 Å². The second-order valence-electron chi connectivity index (χ2n) is 4.11. The molecule has 0 radical (unpaired) electrons. The van der Waals surface area contributed by atoms with Crippen LogP contribution in [0.15, 0.2) is 42.5 Å². The van der Waals surface area contributed by atoms with Gasteiger partial charge in [-0.15, -0.1) is 0 Å². The lowest BCUT2D eigenvalue weighted by atomic mass is 10.2. The number of nitro groups is 1. The summed E-state index contributed by atoms with van der Waals surface area (Å²) in [6, 6.07) is 12.0. The first-order valence-corrected chi connectivity index (χ1v) is 6.14. The molecule has 0 amide bonds. The lowest BCUT2D eigenvalue weighted by Crippen LogP contribution is -1.97. The molecule has 0 unspecified atom stereocenters. The van der Waals surface area contributed by atoms with Crippen LogP contribution in [0.4, 0.5) is 22.7 Å². The van der Waals surface area contributed by atoms with Gasteiger partial charge in [-0.2, -0.15) is 0 Å². The van der Waals surface area contributed by atoms with Crippen LogP contribution in [-0.4, -0.2) is 11.5 Å². The third-order valence-electron chi connectivity index (χ3n) is 2.68. The molecule has 0 aliphatic carbocycles. The predicted molar refractivity (Wildman–Crippen MR) is 78.4 cm³/mol. The molecular weight excluding hydrogens is 258 g/mol. The molecule has 0 spiro atoms. The standard InChI is InChI=1S/C14H15N3O3/c1-2-20-12-6-3-10(4-7-12)16-11-5-8-14(17(18)19)13(15)9-11/h3-9,16H,2,15H2,1H3. The van der Waals surface area contributed by atoms with Crippen LogP contribution < -0.4 is 15.8 Å². The second-order valence-corrected chi connectivity index (χ2v) is 4.11. The third-order valence-corrected chi connectivity index (χ3v) is 2.68.